The van der Waals surface area contributed by atoms with Gasteiger partial charge in [-0.1, -0.05) is 40.0 Å². The smallest absolute Gasteiger partial charge is 0.254 e. The van der Waals surface area contributed by atoms with Gasteiger partial charge in [-0.2, -0.15) is 0 Å². The molecule has 184 valence electrons. The largest absolute Gasteiger partial charge is 0.493 e. The van der Waals surface area contributed by atoms with Gasteiger partial charge in [-0.15, -0.1) is 0 Å². The van der Waals surface area contributed by atoms with Gasteiger partial charge in [0.2, 0.25) is 0 Å². The third-order valence-electron chi connectivity index (χ3n) is 8.79. The minimum Gasteiger partial charge on any atom is -0.493 e. The van der Waals surface area contributed by atoms with Crippen LogP contribution in [0.5, 0.6) is 11.5 Å². The molecule has 3 atom stereocenters. The van der Waals surface area contributed by atoms with E-state index in [0.717, 1.165) is 43.2 Å². The van der Waals surface area contributed by atoms with E-state index in [1.165, 1.54) is 6.42 Å². The molecule has 0 radical (unpaired) electrons. The summed E-state index contributed by atoms with van der Waals surface area (Å²) in [6.45, 7) is 11.4. The lowest BCUT2D eigenvalue weighted by molar-refractivity contribution is -0.138. The predicted octanol–water partition coefficient (Wildman–Crippen LogP) is 4.63. The van der Waals surface area contributed by atoms with Crippen LogP contribution < -0.4 is 9.47 Å². The van der Waals surface area contributed by atoms with Crippen molar-refractivity contribution in [1.82, 2.24) is 4.90 Å². The molecule has 0 spiro atoms. The van der Waals surface area contributed by atoms with Crippen molar-refractivity contribution < 1.29 is 23.8 Å². The van der Waals surface area contributed by atoms with Gasteiger partial charge >= 0.3 is 0 Å². The summed E-state index contributed by atoms with van der Waals surface area (Å²) in [6, 6.07) is 4.05. The Bertz CT molecular complexity index is 905. The fourth-order valence-corrected chi connectivity index (χ4v) is 7.25. The summed E-state index contributed by atoms with van der Waals surface area (Å²) in [6.07, 6.45) is 4.44. The highest BCUT2D eigenvalue weighted by Gasteiger charge is 2.65. The molecule has 1 aromatic carbocycles. The third-order valence-corrected chi connectivity index (χ3v) is 13.3. The van der Waals surface area contributed by atoms with E-state index in [1.54, 1.807) is 14.2 Å². The molecule has 4 rings (SSSR count). The molecule has 1 saturated heterocycles. The fraction of sp³-hybridized carbons (Fsp3) is 0.731. The molecule has 1 N–H and O–H groups in total. The van der Waals surface area contributed by atoms with E-state index in [0.29, 0.717) is 18.0 Å². The number of rotatable bonds is 5. The molecule has 6 nitrogen and oxygen atoms in total. The molecule has 0 unspecified atom stereocenters. The van der Waals surface area contributed by atoms with Crippen LogP contribution in [0.3, 0.4) is 0 Å². The van der Waals surface area contributed by atoms with E-state index >= 15 is 0 Å². The number of hydrogen-bond donors (Lipinski definition) is 1. The first-order chi connectivity index (χ1) is 15.5. The van der Waals surface area contributed by atoms with E-state index in [1.807, 2.05) is 17.0 Å². The van der Waals surface area contributed by atoms with Gasteiger partial charge in [0, 0.05) is 6.54 Å². The topological polar surface area (TPSA) is 68.2 Å². The lowest BCUT2D eigenvalue weighted by Gasteiger charge is -2.51. The van der Waals surface area contributed by atoms with Crippen molar-refractivity contribution in [1.29, 1.82) is 0 Å². The monoisotopic (exact) mass is 475 g/mol. The van der Waals surface area contributed by atoms with Crippen LogP contribution in [-0.2, 0) is 21.2 Å². The second kappa shape index (κ2) is 8.58. The maximum absolute atomic E-state index is 13.9. The van der Waals surface area contributed by atoms with Crippen molar-refractivity contribution in [3.8, 4) is 11.5 Å². The molecule has 7 heteroatoms. The molecule has 2 fully saturated rings. The number of amides is 1. The summed E-state index contributed by atoms with van der Waals surface area (Å²) in [4.78, 5) is 15.9. The van der Waals surface area contributed by atoms with Gasteiger partial charge in [-0.05, 0) is 66.6 Å². The zero-order chi connectivity index (χ0) is 24.2. The van der Waals surface area contributed by atoms with Crippen molar-refractivity contribution in [2.75, 3.05) is 20.8 Å². The Hall–Kier alpha value is -1.57. The van der Waals surface area contributed by atoms with Crippen molar-refractivity contribution >= 4 is 14.2 Å². The average molecular weight is 476 g/mol. The number of carbonyl (C=O) groups excluding carboxylic acids is 1. The van der Waals surface area contributed by atoms with E-state index in [2.05, 4.69) is 33.9 Å². The Kier molecular flexibility index (Phi) is 6.38. The Morgan fingerprint density at radius 2 is 1.67 bits per heavy atom. The minimum atomic E-state index is -2.28. The van der Waals surface area contributed by atoms with Gasteiger partial charge in [-0.25, -0.2) is 0 Å². The number of nitrogens with zero attached hydrogens (tertiary/aromatic N) is 1. The average Bonchev–Trinajstić information content (AvgIpc) is 3.00. The van der Waals surface area contributed by atoms with E-state index in [-0.39, 0.29) is 16.9 Å². The fourth-order valence-electron chi connectivity index (χ4n) is 6.03. The second-order valence-corrected chi connectivity index (χ2v) is 16.3. The van der Waals surface area contributed by atoms with Crippen LogP contribution in [0, 0.1) is 5.92 Å². The summed E-state index contributed by atoms with van der Waals surface area (Å²) >= 11 is 0. The zero-order valence-electron chi connectivity index (χ0n) is 21.4. The summed E-state index contributed by atoms with van der Waals surface area (Å²) in [5.74, 6) is 1.46. The van der Waals surface area contributed by atoms with Crippen LogP contribution in [-0.4, -0.2) is 57.2 Å². The first kappa shape index (κ1) is 24.5. The van der Waals surface area contributed by atoms with Gasteiger partial charge in [0.1, 0.15) is 11.6 Å². The quantitative estimate of drug-likeness (QED) is 0.629. The first-order valence-electron chi connectivity index (χ1n) is 12.4. The van der Waals surface area contributed by atoms with Crippen LogP contribution in [0.4, 0.5) is 0 Å². The van der Waals surface area contributed by atoms with Gasteiger partial charge in [0.25, 0.3) is 5.91 Å². The SMILES string of the molecule is COc1cc2c(cc1OC)[C@]1(C3CCCCC3)[C@H](O)[C@@H](O[Si](C)(C)C(C)(C)C)C(=O)N1CC2. The predicted molar refractivity (Wildman–Crippen MR) is 131 cm³/mol. The number of fused-ring (bicyclic) bond motifs is 3. The normalized spacial score (nSPS) is 28.5. The molecule has 1 amide bonds. The van der Waals surface area contributed by atoms with E-state index < -0.39 is 26.1 Å². The summed E-state index contributed by atoms with van der Waals surface area (Å²) in [5.41, 5.74) is 1.37. The number of carbonyl (C=O) groups is 1. The molecule has 3 aliphatic rings. The number of methoxy groups -OCH3 is 2. The van der Waals surface area contributed by atoms with Crippen LogP contribution in [0.25, 0.3) is 0 Å². The molecule has 1 aromatic rings. The summed E-state index contributed by atoms with van der Waals surface area (Å²) in [7, 11) is 1.01. The van der Waals surface area contributed by atoms with Crippen LogP contribution in [0.1, 0.15) is 64.0 Å². The summed E-state index contributed by atoms with van der Waals surface area (Å²) < 4.78 is 17.9. The molecular weight excluding hydrogens is 434 g/mol. The molecule has 0 aromatic heterocycles. The maximum atomic E-state index is 13.9. The highest BCUT2D eigenvalue weighted by atomic mass is 28.4. The molecule has 2 aliphatic heterocycles. The van der Waals surface area contributed by atoms with E-state index in [9.17, 15) is 9.90 Å². The Labute approximate surface area is 199 Å². The van der Waals surface area contributed by atoms with Gasteiger partial charge in [0.05, 0.1) is 14.2 Å². The number of ether oxygens (including phenoxy) is 2. The molecule has 1 saturated carbocycles. The van der Waals surface area contributed by atoms with Gasteiger partial charge in [0.15, 0.2) is 25.9 Å². The highest BCUT2D eigenvalue weighted by Crippen LogP contribution is 2.56. The molecule has 33 heavy (non-hydrogen) atoms. The van der Waals surface area contributed by atoms with Crippen LogP contribution in [0.15, 0.2) is 12.1 Å². The number of benzene rings is 1. The summed E-state index contributed by atoms with van der Waals surface area (Å²) in [5, 5.41) is 12.0. The minimum absolute atomic E-state index is 0.0530. The Morgan fingerprint density at radius 1 is 1.06 bits per heavy atom. The molecule has 1 aliphatic carbocycles. The van der Waals surface area contributed by atoms with Gasteiger partial charge < -0.3 is 23.9 Å². The first-order valence-corrected chi connectivity index (χ1v) is 15.3. The van der Waals surface area contributed by atoms with Crippen molar-refractivity contribution in [3.05, 3.63) is 23.3 Å². The lowest BCUT2D eigenvalue weighted by atomic mass is 9.65. The van der Waals surface area contributed by atoms with Crippen molar-refractivity contribution in [3.63, 3.8) is 0 Å². The highest BCUT2D eigenvalue weighted by molar-refractivity contribution is 6.74. The number of hydrogen-bond acceptors (Lipinski definition) is 5. The number of aliphatic hydroxyl groups excluding tert-OH is 1. The third kappa shape index (κ3) is 3.71. The van der Waals surface area contributed by atoms with Gasteiger partial charge in [-0.3, -0.25) is 4.79 Å². The van der Waals surface area contributed by atoms with Crippen LogP contribution in [0.2, 0.25) is 18.1 Å². The Morgan fingerprint density at radius 3 is 2.24 bits per heavy atom. The van der Waals surface area contributed by atoms with Crippen molar-refractivity contribution in [2.45, 2.75) is 95.2 Å². The Balaban J connectivity index is 1.88. The lowest BCUT2D eigenvalue weighted by Crippen LogP contribution is -2.58. The van der Waals surface area contributed by atoms with Crippen LogP contribution >= 0.6 is 0 Å². The standard InChI is InChI=1S/C26H41NO5Si/c1-25(2,3)33(6,7)32-22-23(28)26(18-11-9-8-10-12-18)19-16-21(31-5)20(30-4)15-17(19)13-14-27(26)24(22)29/h15-16,18,22-23,28H,8-14H2,1-7H3/t22-,23-,26-/m1/s1. The van der Waals surface area contributed by atoms with Crippen molar-refractivity contribution in [2.24, 2.45) is 5.92 Å². The molecular formula is C26H41NO5Si. The zero-order valence-corrected chi connectivity index (χ0v) is 22.4. The van der Waals surface area contributed by atoms with E-state index in [4.69, 9.17) is 13.9 Å². The molecule has 0 bridgehead atoms. The molecule has 2 heterocycles. The number of aliphatic hydroxyl groups is 1. The second-order valence-electron chi connectivity index (χ2n) is 11.5. The maximum Gasteiger partial charge on any atom is 0.254 e.